The molecule has 2 N–H and O–H groups in total. The molecule has 1 aliphatic rings. The monoisotopic (exact) mass is 245 g/mol. The van der Waals surface area contributed by atoms with Crippen LogP contribution < -0.4 is 10.5 Å². The molecule has 0 unspecified atom stereocenters. The summed E-state index contributed by atoms with van der Waals surface area (Å²) in [5.41, 5.74) is 10.0. The quantitative estimate of drug-likeness (QED) is 0.781. The minimum Gasteiger partial charge on any atom is -0.493 e. The third-order valence-electron chi connectivity index (χ3n) is 3.02. The van der Waals surface area contributed by atoms with Gasteiger partial charge < -0.3 is 10.5 Å². The van der Waals surface area contributed by atoms with Crippen LogP contribution in [0.1, 0.15) is 5.56 Å². The molecule has 2 nitrogen and oxygen atoms in total. The minimum absolute atomic E-state index is 0.700. The lowest BCUT2D eigenvalue weighted by molar-refractivity contribution is 0.357. The van der Waals surface area contributed by atoms with Crippen molar-refractivity contribution in [1.82, 2.24) is 0 Å². The van der Waals surface area contributed by atoms with E-state index in [1.54, 1.807) is 6.07 Å². The van der Waals surface area contributed by atoms with Crippen LogP contribution in [0.2, 0.25) is 5.02 Å². The van der Waals surface area contributed by atoms with Crippen molar-refractivity contribution in [3.8, 4) is 16.9 Å². The van der Waals surface area contributed by atoms with Gasteiger partial charge in [-0.05, 0) is 41.5 Å². The maximum atomic E-state index is 6.00. The largest absolute Gasteiger partial charge is 0.493 e. The van der Waals surface area contributed by atoms with Crippen molar-refractivity contribution >= 4 is 17.3 Å². The Labute approximate surface area is 105 Å². The lowest BCUT2D eigenvalue weighted by Crippen LogP contribution is -1.90. The summed E-state index contributed by atoms with van der Waals surface area (Å²) in [6.07, 6.45) is 0.962. The Bertz CT molecular complexity index is 580. The molecule has 0 spiro atoms. The molecule has 1 aliphatic heterocycles. The van der Waals surface area contributed by atoms with E-state index >= 15 is 0 Å². The van der Waals surface area contributed by atoms with Gasteiger partial charge in [-0.2, -0.15) is 0 Å². The SMILES string of the molecule is Nc1ccc(Cl)cc1-c1ccc2c(c1)CCO2. The van der Waals surface area contributed by atoms with Crippen LogP contribution >= 0.6 is 11.6 Å². The van der Waals surface area contributed by atoms with Crippen LogP contribution in [-0.2, 0) is 6.42 Å². The summed E-state index contributed by atoms with van der Waals surface area (Å²) in [4.78, 5) is 0. The number of ether oxygens (including phenoxy) is 1. The average molecular weight is 246 g/mol. The number of nitrogens with two attached hydrogens (primary N) is 1. The van der Waals surface area contributed by atoms with E-state index in [2.05, 4.69) is 6.07 Å². The lowest BCUT2D eigenvalue weighted by atomic mass is 10.0. The highest BCUT2D eigenvalue weighted by Crippen LogP contribution is 2.34. The number of rotatable bonds is 1. The highest BCUT2D eigenvalue weighted by Gasteiger charge is 2.13. The van der Waals surface area contributed by atoms with E-state index in [0.29, 0.717) is 5.02 Å². The van der Waals surface area contributed by atoms with Gasteiger partial charge in [0.1, 0.15) is 5.75 Å². The standard InChI is InChI=1S/C14H12ClNO/c15-11-2-3-13(16)12(8-11)9-1-4-14-10(7-9)5-6-17-14/h1-4,7-8H,5-6,16H2. The van der Waals surface area contributed by atoms with Crippen LogP contribution in [0.15, 0.2) is 36.4 Å². The van der Waals surface area contributed by atoms with Crippen molar-refractivity contribution in [3.05, 3.63) is 47.0 Å². The molecule has 3 heteroatoms. The Kier molecular flexibility index (Phi) is 2.45. The molecule has 0 amide bonds. The van der Waals surface area contributed by atoms with Gasteiger partial charge in [0.2, 0.25) is 0 Å². The first-order chi connectivity index (χ1) is 8.24. The summed E-state index contributed by atoms with van der Waals surface area (Å²) in [6.45, 7) is 0.768. The molecular weight excluding hydrogens is 234 g/mol. The van der Waals surface area contributed by atoms with Crippen molar-refractivity contribution in [2.24, 2.45) is 0 Å². The van der Waals surface area contributed by atoms with Crippen LogP contribution in [0.25, 0.3) is 11.1 Å². The van der Waals surface area contributed by atoms with E-state index in [1.165, 1.54) is 5.56 Å². The molecule has 0 saturated heterocycles. The maximum Gasteiger partial charge on any atom is 0.122 e. The van der Waals surface area contributed by atoms with E-state index in [4.69, 9.17) is 22.1 Å². The lowest BCUT2D eigenvalue weighted by Gasteiger charge is -2.08. The molecule has 0 aliphatic carbocycles. The van der Waals surface area contributed by atoms with E-state index in [0.717, 1.165) is 35.6 Å². The molecule has 2 aromatic carbocycles. The molecule has 0 atom stereocenters. The molecule has 0 bridgehead atoms. The van der Waals surface area contributed by atoms with Crippen LogP contribution in [0.3, 0.4) is 0 Å². The zero-order valence-electron chi connectivity index (χ0n) is 9.24. The van der Waals surface area contributed by atoms with Crippen molar-refractivity contribution in [2.45, 2.75) is 6.42 Å². The predicted octanol–water partition coefficient (Wildman–Crippen LogP) is 3.52. The summed E-state index contributed by atoms with van der Waals surface area (Å²) in [5, 5.41) is 0.700. The van der Waals surface area contributed by atoms with Crippen molar-refractivity contribution < 1.29 is 4.74 Å². The number of hydrogen-bond acceptors (Lipinski definition) is 2. The van der Waals surface area contributed by atoms with Crippen LogP contribution in [0.4, 0.5) is 5.69 Å². The Morgan fingerprint density at radius 3 is 2.88 bits per heavy atom. The van der Waals surface area contributed by atoms with Gasteiger partial charge in [-0.3, -0.25) is 0 Å². The molecule has 1 heterocycles. The first-order valence-corrected chi connectivity index (χ1v) is 5.93. The molecule has 86 valence electrons. The number of benzene rings is 2. The Hall–Kier alpha value is -1.67. The molecule has 0 radical (unpaired) electrons. The number of nitrogen functional groups attached to an aromatic ring is 1. The van der Waals surface area contributed by atoms with Gasteiger partial charge in [-0.25, -0.2) is 0 Å². The highest BCUT2D eigenvalue weighted by atomic mass is 35.5. The van der Waals surface area contributed by atoms with E-state index in [9.17, 15) is 0 Å². The zero-order valence-corrected chi connectivity index (χ0v) is 10.00. The number of fused-ring (bicyclic) bond motifs is 1. The second kappa shape index (κ2) is 3.97. The van der Waals surface area contributed by atoms with Gasteiger partial charge in [0.15, 0.2) is 0 Å². The smallest absolute Gasteiger partial charge is 0.122 e. The molecule has 0 aromatic heterocycles. The average Bonchev–Trinajstić information content (AvgIpc) is 2.79. The molecule has 2 aromatic rings. The number of anilines is 1. The van der Waals surface area contributed by atoms with E-state index in [-0.39, 0.29) is 0 Å². The third-order valence-corrected chi connectivity index (χ3v) is 3.25. The fourth-order valence-electron chi connectivity index (χ4n) is 2.13. The molecule has 3 rings (SSSR count). The normalized spacial score (nSPS) is 13.2. The van der Waals surface area contributed by atoms with Crippen LogP contribution in [-0.4, -0.2) is 6.61 Å². The Balaban J connectivity index is 2.12. The van der Waals surface area contributed by atoms with Crippen molar-refractivity contribution in [3.63, 3.8) is 0 Å². The summed E-state index contributed by atoms with van der Waals surface area (Å²) < 4.78 is 5.49. The first-order valence-electron chi connectivity index (χ1n) is 5.55. The fraction of sp³-hybridized carbons (Fsp3) is 0.143. The molecule has 0 fully saturated rings. The van der Waals surface area contributed by atoms with Gasteiger partial charge in [-0.15, -0.1) is 0 Å². The minimum atomic E-state index is 0.700. The summed E-state index contributed by atoms with van der Waals surface area (Å²) in [7, 11) is 0. The van der Waals surface area contributed by atoms with Gasteiger partial charge in [-0.1, -0.05) is 17.7 Å². The Morgan fingerprint density at radius 1 is 1.12 bits per heavy atom. The number of hydrogen-bond donors (Lipinski definition) is 1. The van der Waals surface area contributed by atoms with E-state index < -0.39 is 0 Å². The third kappa shape index (κ3) is 1.85. The highest BCUT2D eigenvalue weighted by molar-refractivity contribution is 6.31. The predicted molar refractivity (Wildman–Crippen MR) is 70.5 cm³/mol. The van der Waals surface area contributed by atoms with Gasteiger partial charge in [0.25, 0.3) is 0 Å². The van der Waals surface area contributed by atoms with Crippen LogP contribution in [0, 0.1) is 0 Å². The topological polar surface area (TPSA) is 35.2 Å². The maximum absolute atomic E-state index is 6.00. The summed E-state index contributed by atoms with van der Waals surface area (Å²) >= 11 is 6.00. The summed E-state index contributed by atoms with van der Waals surface area (Å²) in [6, 6.07) is 11.7. The Morgan fingerprint density at radius 2 is 2.00 bits per heavy atom. The molecule has 17 heavy (non-hydrogen) atoms. The van der Waals surface area contributed by atoms with Crippen molar-refractivity contribution in [1.29, 1.82) is 0 Å². The number of halogens is 1. The fourth-order valence-corrected chi connectivity index (χ4v) is 2.30. The second-order valence-electron chi connectivity index (χ2n) is 4.15. The van der Waals surface area contributed by atoms with E-state index in [1.807, 2.05) is 24.3 Å². The van der Waals surface area contributed by atoms with Crippen LogP contribution in [0.5, 0.6) is 5.75 Å². The first kappa shape index (κ1) is 10.5. The van der Waals surface area contributed by atoms with Gasteiger partial charge in [0, 0.05) is 22.7 Å². The molecular formula is C14H12ClNO. The zero-order chi connectivity index (χ0) is 11.8. The van der Waals surface area contributed by atoms with Crippen molar-refractivity contribution in [2.75, 3.05) is 12.3 Å². The molecule has 0 saturated carbocycles. The van der Waals surface area contributed by atoms with Gasteiger partial charge in [0.05, 0.1) is 6.61 Å². The second-order valence-corrected chi connectivity index (χ2v) is 4.59. The van der Waals surface area contributed by atoms with Gasteiger partial charge >= 0.3 is 0 Å². The summed E-state index contributed by atoms with van der Waals surface area (Å²) in [5.74, 6) is 0.981.